The Bertz CT molecular complexity index is 862. The predicted molar refractivity (Wildman–Crippen MR) is 119 cm³/mol. The van der Waals surface area contributed by atoms with Gasteiger partial charge in [-0.2, -0.15) is 0 Å². The number of carbonyl (C=O) groups is 2. The van der Waals surface area contributed by atoms with Crippen molar-refractivity contribution in [2.45, 2.75) is 59.3 Å². The Labute approximate surface area is 179 Å². The van der Waals surface area contributed by atoms with E-state index >= 15 is 0 Å². The number of rotatable bonds is 4. The predicted octanol–water partition coefficient (Wildman–Crippen LogP) is 4.03. The smallest absolute Gasteiger partial charge is 0.259 e. The molecule has 0 aromatic heterocycles. The molecule has 2 aliphatic heterocycles. The summed E-state index contributed by atoms with van der Waals surface area (Å²) in [5.74, 6) is -0.389. The van der Waals surface area contributed by atoms with Crippen molar-refractivity contribution in [2.24, 2.45) is 5.92 Å². The first-order chi connectivity index (χ1) is 14.3. The number of nitrogens with zero attached hydrogens (tertiary/aromatic N) is 2. The first-order valence-corrected chi connectivity index (χ1v) is 11.0. The van der Waals surface area contributed by atoms with Crippen LogP contribution in [0.2, 0.25) is 0 Å². The average Bonchev–Trinajstić information content (AvgIpc) is 2.94. The van der Waals surface area contributed by atoms with Crippen molar-refractivity contribution in [1.29, 1.82) is 5.41 Å². The summed E-state index contributed by atoms with van der Waals surface area (Å²) in [4.78, 5) is 29.7. The maximum atomic E-state index is 13.4. The standard InChI is InChI=1S/C24H33N3O3/c1-4-18-8-9-21-20(15-18)7-5-6-12-27(21)23(29)19-10-13-26(14-11-19)24(30)22(16(2)25)17(3)28/h8-9,15,19,25,28H,4-7,10-14H2,1-3H3/b22-17+,25-16?. The van der Waals surface area contributed by atoms with Gasteiger partial charge in [0.05, 0.1) is 5.57 Å². The molecule has 6 heteroatoms. The molecule has 0 spiro atoms. The van der Waals surface area contributed by atoms with Gasteiger partial charge in [-0.25, -0.2) is 0 Å². The summed E-state index contributed by atoms with van der Waals surface area (Å²) >= 11 is 0. The molecule has 2 amide bonds. The summed E-state index contributed by atoms with van der Waals surface area (Å²) in [6, 6.07) is 6.47. The average molecular weight is 412 g/mol. The lowest BCUT2D eigenvalue weighted by Crippen LogP contribution is -2.45. The topological polar surface area (TPSA) is 84.7 Å². The number of allylic oxidation sites excluding steroid dienone is 1. The van der Waals surface area contributed by atoms with Gasteiger partial charge in [-0.15, -0.1) is 0 Å². The number of aliphatic hydroxyl groups is 1. The minimum Gasteiger partial charge on any atom is -0.512 e. The number of aliphatic hydroxyl groups excluding tert-OH is 1. The van der Waals surface area contributed by atoms with Crippen molar-refractivity contribution in [3.05, 3.63) is 40.7 Å². The molecule has 0 saturated carbocycles. The van der Waals surface area contributed by atoms with Gasteiger partial charge in [-0.3, -0.25) is 9.59 Å². The number of nitrogens with one attached hydrogen (secondary N) is 1. The third kappa shape index (κ3) is 4.58. The van der Waals surface area contributed by atoms with Gasteiger partial charge >= 0.3 is 0 Å². The largest absolute Gasteiger partial charge is 0.512 e. The van der Waals surface area contributed by atoms with E-state index in [9.17, 15) is 14.7 Å². The lowest BCUT2D eigenvalue weighted by Gasteiger charge is -2.35. The van der Waals surface area contributed by atoms with Gasteiger partial charge in [-0.1, -0.05) is 19.1 Å². The third-order valence-electron chi connectivity index (χ3n) is 6.27. The van der Waals surface area contributed by atoms with E-state index in [-0.39, 0.29) is 34.8 Å². The van der Waals surface area contributed by atoms with Crippen LogP contribution in [0, 0.1) is 11.3 Å². The van der Waals surface area contributed by atoms with Crippen LogP contribution in [0.4, 0.5) is 5.69 Å². The fourth-order valence-corrected chi connectivity index (χ4v) is 4.55. The lowest BCUT2D eigenvalue weighted by molar-refractivity contribution is -0.131. The molecule has 0 bridgehead atoms. The Morgan fingerprint density at radius 2 is 1.83 bits per heavy atom. The number of piperidine rings is 1. The Kier molecular flexibility index (Phi) is 6.95. The van der Waals surface area contributed by atoms with E-state index in [4.69, 9.17) is 5.41 Å². The van der Waals surface area contributed by atoms with Crippen LogP contribution in [-0.2, 0) is 22.4 Å². The molecule has 2 N–H and O–H groups in total. The van der Waals surface area contributed by atoms with Gasteiger partial charge in [0.2, 0.25) is 5.91 Å². The van der Waals surface area contributed by atoms with E-state index in [2.05, 4.69) is 25.1 Å². The zero-order valence-corrected chi connectivity index (χ0v) is 18.3. The number of likely N-dealkylation sites (tertiary alicyclic amines) is 1. The lowest BCUT2D eigenvalue weighted by atomic mass is 9.93. The molecule has 1 aromatic carbocycles. The number of hydrogen-bond donors (Lipinski definition) is 2. The van der Waals surface area contributed by atoms with E-state index in [1.165, 1.54) is 25.0 Å². The quantitative estimate of drug-likeness (QED) is 0.446. The van der Waals surface area contributed by atoms with Crippen LogP contribution in [-0.4, -0.2) is 47.2 Å². The van der Waals surface area contributed by atoms with E-state index in [0.29, 0.717) is 25.9 Å². The van der Waals surface area contributed by atoms with E-state index in [1.54, 1.807) is 4.90 Å². The van der Waals surface area contributed by atoms with Gasteiger partial charge in [-0.05, 0) is 69.6 Å². The van der Waals surface area contributed by atoms with Crippen LogP contribution in [0.1, 0.15) is 57.6 Å². The Morgan fingerprint density at radius 3 is 2.43 bits per heavy atom. The molecule has 2 heterocycles. The number of anilines is 1. The molecule has 3 rings (SSSR count). The minimum atomic E-state index is -0.319. The molecule has 6 nitrogen and oxygen atoms in total. The number of hydrogen-bond acceptors (Lipinski definition) is 4. The second-order valence-corrected chi connectivity index (χ2v) is 8.42. The van der Waals surface area contributed by atoms with E-state index < -0.39 is 0 Å². The molecular formula is C24H33N3O3. The second kappa shape index (κ2) is 9.45. The molecule has 1 saturated heterocycles. The molecule has 1 fully saturated rings. The highest BCUT2D eigenvalue weighted by molar-refractivity contribution is 6.19. The molecular weight excluding hydrogens is 378 g/mol. The van der Waals surface area contributed by atoms with Crippen LogP contribution >= 0.6 is 0 Å². The SMILES string of the molecule is CCc1ccc2c(c1)CCCCN2C(=O)C1CCN(C(=O)/C(C(C)=N)=C(\C)O)CC1. The van der Waals surface area contributed by atoms with Crippen molar-refractivity contribution in [1.82, 2.24) is 4.90 Å². The number of amides is 2. The molecule has 0 atom stereocenters. The summed E-state index contributed by atoms with van der Waals surface area (Å²) in [6.07, 6.45) is 5.32. The van der Waals surface area contributed by atoms with Gasteiger partial charge in [0.1, 0.15) is 5.76 Å². The van der Waals surface area contributed by atoms with Gasteiger partial charge < -0.3 is 20.3 Å². The summed E-state index contributed by atoms with van der Waals surface area (Å²) in [5.41, 5.74) is 3.74. The highest BCUT2D eigenvalue weighted by atomic mass is 16.3. The summed E-state index contributed by atoms with van der Waals surface area (Å²) < 4.78 is 0. The molecule has 1 aromatic rings. The molecule has 0 aliphatic carbocycles. The first-order valence-electron chi connectivity index (χ1n) is 11.0. The molecule has 162 valence electrons. The van der Waals surface area contributed by atoms with Crippen molar-refractivity contribution in [3.63, 3.8) is 0 Å². The normalized spacial score (nSPS) is 18.4. The van der Waals surface area contributed by atoms with Crippen molar-refractivity contribution in [2.75, 3.05) is 24.5 Å². The highest BCUT2D eigenvalue weighted by Gasteiger charge is 2.33. The van der Waals surface area contributed by atoms with Crippen LogP contribution in [0.5, 0.6) is 0 Å². The van der Waals surface area contributed by atoms with Crippen LogP contribution in [0.25, 0.3) is 0 Å². The van der Waals surface area contributed by atoms with Crippen LogP contribution < -0.4 is 4.90 Å². The number of aryl methyl sites for hydroxylation is 2. The maximum Gasteiger partial charge on any atom is 0.259 e. The summed E-state index contributed by atoms with van der Waals surface area (Å²) in [5, 5.41) is 17.5. The molecule has 2 aliphatic rings. The van der Waals surface area contributed by atoms with Gasteiger partial charge in [0.15, 0.2) is 0 Å². The Balaban J connectivity index is 1.71. The van der Waals surface area contributed by atoms with Gasteiger partial charge in [0, 0.05) is 37.0 Å². The third-order valence-corrected chi connectivity index (χ3v) is 6.27. The highest BCUT2D eigenvalue weighted by Crippen LogP contribution is 2.31. The van der Waals surface area contributed by atoms with Crippen molar-refractivity contribution in [3.8, 4) is 0 Å². The van der Waals surface area contributed by atoms with E-state index in [0.717, 1.165) is 37.9 Å². The second-order valence-electron chi connectivity index (χ2n) is 8.42. The Morgan fingerprint density at radius 1 is 1.13 bits per heavy atom. The fourth-order valence-electron chi connectivity index (χ4n) is 4.55. The minimum absolute atomic E-state index is 0.0609. The van der Waals surface area contributed by atoms with Crippen molar-refractivity contribution >= 4 is 23.2 Å². The van der Waals surface area contributed by atoms with E-state index in [1.807, 2.05) is 4.90 Å². The maximum absolute atomic E-state index is 13.4. The van der Waals surface area contributed by atoms with Crippen LogP contribution in [0.3, 0.4) is 0 Å². The molecule has 30 heavy (non-hydrogen) atoms. The number of carbonyl (C=O) groups excluding carboxylic acids is 2. The zero-order chi connectivity index (χ0) is 21.8. The first kappa shape index (κ1) is 22.1. The Hall–Kier alpha value is -2.63. The van der Waals surface area contributed by atoms with Crippen molar-refractivity contribution < 1.29 is 14.7 Å². The number of benzene rings is 1. The number of fused-ring (bicyclic) bond motifs is 1. The monoisotopic (exact) mass is 411 g/mol. The zero-order valence-electron chi connectivity index (χ0n) is 18.3. The summed E-state index contributed by atoms with van der Waals surface area (Å²) in [7, 11) is 0. The van der Waals surface area contributed by atoms with Gasteiger partial charge in [0.25, 0.3) is 5.91 Å². The molecule has 0 unspecified atom stereocenters. The molecule has 0 radical (unpaired) electrons. The van der Waals surface area contributed by atoms with Crippen LogP contribution in [0.15, 0.2) is 29.5 Å². The fraction of sp³-hybridized carbons (Fsp3) is 0.542. The summed E-state index contributed by atoms with van der Waals surface area (Å²) in [6.45, 7) is 6.77.